The van der Waals surface area contributed by atoms with E-state index in [9.17, 15) is 4.79 Å². The van der Waals surface area contributed by atoms with E-state index in [-0.39, 0.29) is 17.4 Å². The highest BCUT2D eigenvalue weighted by Crippen LogP contribution is 2.24. The predicted octanol–water partition coefficient (Wildman–Crippen LogP) is 0.982. The fourth-order valence-corrected chi connectivity index (χ4v) is 1.83. The van der Waals surface area contributed by atoms with Crippen LogP contribution in [-0.4, -0.2) is 29.4 Å². The van der Waals surface area contributed by atoms with Gasteiger partial charge in [-0.2, -0.15) is 0 Å². The van der Waals surface area contributed by atoms with E-state index in [1.165, 1.54) is 0 Å². The third-order valence-electron chi connectivity index (χ3n) is 2.64. The van der Waals surface area contributed by atoms with Gasteiger partial charge in [0.05, 0.1) is 5.92 Å². The van der Waals surface area contributed by atoms with E-state index in [1.807, 2.05) is 4.90 Å². The van der Waals surface area contributed by atoms with Crippen LogP contribution in [0.1, 0.15) is 33.6 Å². The second kappa shape index (κ2) is 3.66. The number of carbonyl (C=O) groups is 1. The first-order chi connectivity index (χ1) is 5.96. The van der Waals surface area contributed by atoms with E-state index in [2.05, 4.69) is 20.8 Å². The van der Waals surface area contributed by atoms with Gasteiger partial charge in [0, 0.05) is 18.6 Å². The molecule has 0 bridgehead atoms. The Morgan fingerprint density at radius 1 is 1.54 bits per heavy atom. The number of hydrogen-bond acceptors (Lipinski definition) is 2. The van der Waals surface area contributed by atoms with E-state index in [0.29, 0.717) is 6.54 Å². The fraction of sp³-hybridized carbons (Fsp3) is 0.900. The van der Waals surface area contributed by atoms with Crippen LogP contribution in [0.2, 0.25) is 0 Å². The van der Waals surface area contributed by atoms with Crippen LogP contribution in [0.4, 0.5) is 0 Å². The molecule has 0 spiro atoms. The fourth-order valence-electron chi connectivity index (χ4n) is 1.83. The standard InChI is InChI=1S/C10H20N2O/c1-10(2,3)12-6-4-5-8(7-11)9(12)13/h8H,4-7,11H2,1-3H3. The van der Waals surface area contributed by atoms with Crippen molar-refractivity contribution >= 4 is 5.91 Å². The molecule has 76 valence electrons. The van der Waals surface area contributed by atoms with Crippen molar-refractivity contribution in [3.8, 4) is 0 Å². The topological polar surface area (TPSA) is 46.3 Å². The average Bonchev–Trinajstić information content (AvgIpc) is 2.02. The second-order valence-corrected chi connectivity index (χ2v) is 4.74. The lowest BCUT2D eigenvalue weighted by atomic mass is 9.93. The third-order valence-corrected chi connectivity index (χ3v) is 2.64. The molecule has 0 aromatic rings. The monoisotopic (exact) mass is 184 g/mol. The van der Waals surface area contributed by atoms with Gasteiger partial charge in [0.25, 0.3) is 0 Å². The number of nitrogens with two attached hydrogens (primary N) is 1. The Bertz CT molecular complexity index is 196. The Balaban J connectivity index is 2.71. The molecule has 1 amide bonds. The Hall–Kier alpha value is -0.570. The molecule has 1 rings (SSSR count). The highest BCUT2D eigenvalue weighted by atomic mass is 16.2. The highest BCUT2D eigenvalue weighted by Gasteiger charge is 2.33. The van der Waals surface area contributed by atoms with Gasteiger partial charge in [0.1, 0.15) is 0 Å². The van der Waals surface area contributed by atoms with Crippen molar-refractivity contribution in [2.45, 2.75) is 39.2 Å². The Morgan fingerprint density at radius 3 is 2.62 bits per heavy atom. The lowest BCUT2D eigenvalue weighted by molar-refractivity contribution is -0.143. The molecule has 2 N–H and O–H groups in total. The minimum absolute atomic E-state index is 0.0507. The zero-order chi connectivity index (χ0) is 10.1. The molecule has 1 fully saturated rings. The molecule has 0 aromatic carbocycles. The summed E-state index contributed by atoms with van der Waals surface area (Å²) in [5.41, 5.74) is 5.50. The van der Waals surface area contributed by atoms with E-state index in [0.717, 1.165) is 19.4 Å². The van der Waals surface area contributed by atoms with Crippen molar-refractivity contribution in [3.63, 3.8) is 0 Å². The second-order valence-electron chi connectivity index (χ2n) is 4.74. The molecule has 1 atom stereocenters. The summed E-state index contributed by atoms with van der Waals surface area (Å²) in [4.78, 5) is 13.8. The molecule has 1 heterocycles. The van der Waals surface area contributed by atoms with Crippen LogP contribution in [-0.2, 0) is 4.79 Å². The van der Waals surface area contributed by atoms with Gasteiger partial charge in [0.2, 0.25) is 5.91 Å². The normalized spacial score (nSPS) is 25.1. The average molecular weight is 184 g/mol. The first kappa shape index (κ1) is 10.5. The summed E-state index contributed by atoms with van der Waals surface area (Å²) in [6.07, 6.45) is 2.05. The molecular weight excluding hydrogens is 164 g/mol. The van der Waals surface area contributed by atoms with Crippen LogP contribution < -0.4 is 5.73 Å². The maximum atomic E-state index is 11.8. The van der Waals surface area contributed by atoms with Gasteiger partial charge in [-0.05, 0) is 33.6 Å². The van der Waals surface area contributed by atoms with Crippen LogP contribution in [0, 0.1) is 5.92 Å². The molecule has 3 nitrogen and oxygen atoms in total. The summed E-state index contributed by atoms with van der Waals surface area (Å²) in [5, 5.41) is 0. The molecule has 0 aliphatic carbocycles. The lowest BCUT2D eigenvalue weighted by Crippen LogP contribution is -2.52. The van der Waals surface area contributed by atoms with Crippen LogP contribution >= 0.6 is 0 Å². The molecule has 0 saturated carbocycles. The van der Waals surface area contributed by atoms with Crippen LogP contribution in [0.5, 0.6) is 0 Å². The van der Waals surface area contributed by atoms with Crippen molar-refractivity contribution in [2.24, 2.45) is 11.7 Å². The Kier molecular flexibility index (Phi) is 2.96. The molecular formula is C10H20N2O. The SMILES string of the molecule is CC(C)(C)N1CCCC(CN)C1=O. The maximum absolute atomic E-state index is 11.8. The Morgan fingerprint density at radius 2 is 2.15 bits per heavy atom. The number of likely N-dealkylation sites (tertiary alicyclic amines) is 1. The van der Waals surface area contributed by atoms with Crippen molar-refractivity contribution in [1.29, 1.82) is 0 Å². The van der Waals surface area contributed by atoms with Gasteiger partial charge in [-0.1, -0.05) is 0 Å². The van der Waals surface area contributed by atoms with Crippen molar-refractivity contribution in [1.82, 2.24) is 4.90 Å². The Labute approximate surface area is 80.3 Å². The van der Waals surface area contributed by atoms with E-state index in [1.54, 1.807) is 0 Å². The number of carbonyl (C=O) groups excluding carboxylic acids is 1. The third kappa shape index (κ3) is 2.21. The summed E-state index contributed by atoms with van der Waals surface area (Å²) in [5.74, 6) is 0.300. The molecule has 13 heavy (non-hydrogen) atoms. The van der Waals surface area contributed by atoms with E-state index < -0.39 is 0 Å². The van der Waals surface area contributed by atoms with Gasteiger partial charge in [-0.3, -0.25) is 4.79 Å². The number of hydrogen-bond donors (Lipinski definition) is 1. The molecule has 0 radical (unpaired) electrons. The van der Waals surface area contributed by atoms with E-state index in [4.69, 9.17) is 5.73 Å². The minimum atomic E-state index is -0.0507. The molecule has 1 aliphatic rings. The predicted molar refractivity (Wildman–Crippen MR) is 53.2 cm³/mol. The van der Waals surface area contributed by atoms with Gasteiger partial charge in [-0.25, -0.2) is 0 Å². The number of nitrogens with zero attached hydrogens (tertiary/aromatic N) is 1. The van der Waals surface area contributed by atoms with Crippen molar-refractivity contribution in [2.75, 3.05) is 13.1 Å². The van der Waals surface area contributed by atoms with Crippen LogP contribution in [0.3, 0.4) is 0 Å². The molecule has 1 aliphatic heterocycles. The zero-order valence-corrected chi connectivity index (χ0v) is 8.84. The summed E-state index contributed by atoms with van der Waals surface area (Å²) in [7, 11) is 0. The minimum Gasteiger partial charge on any atom is -0.338 e. The zero-order valence-electron chi connectivity index (χ0n) is 8.84. The molecule has 0 aromatic heterocycles. The highest BCUT2D eigenvalue weighted by molar-refractivity contribution is 5.80. The molecule has 3 heteroatoms. The molecule has 1 unspecified atom stereocenters. The summed E-state index contributed by atoms with van der Waals surface area (Å²) >= 11 is 0. The molecule has 1 saturated heterocycles. The summed E-state index contributed by atoms with van der Waals surface area (Å²) in [6, 6.07) is 0. The van der Waals surface area contributed by atoms with Crippen LogP contribution in [0.25, 0.3) is 0 Å². The van der Waals surface area contributed by atoms with Gasteiger partial charge < -0.3 is 10.6 Å². The van der Waals surface area contributed by atoms with Crippen molar-refractivity contribution < 1.29 is 4.79 Å². The first-order valence-corrected chi connectivity index (χ1v) is 4.98. The first-order valence-electron chi connectivity index (χ1n) is 4.98. The van der Waals surface area contributed by atoms with Crippen molar-refractivity contribution in [3.05, 3.63) is 0 Å². The summed E-state index contributed by atoms with van der Waals surface area (Å²) < 4.78 is 0. The maximum Gasteiger partial charge on any atom is 0.227 e. The largest absolute Gasteiger partial charge is 0.338 e. The smallest absolute Gasteiger partial charge is 0.227 e. The van der Waals surface area contributed by atoms with E-state index >= 15 is 0 Å². The number of amides is 1. The lowest BCUT2D eigenvalue weighted by Gasteiger charge is -2.41. The van der Waals surface area contributed by atoms with Gasteiger partial charge >= 0.3 is 0 Å². The number of rotatable bonds is 1. The number of piperidine rings is 1. The van der Waals surface area contributed by atoms with Gasteiger partial charge in [-0.15, -0.1) is 0 Å². The quantitative estimate of drug-likeness (QED) is 0.660. The summed E-state index contributed by atoms with van der Waals surface area (Å²) in [6.45, 7) is 7.60. The van der Waals surface area contributed by atoms with Crippen LogP contribution in [0.15, 0.2) is 0 Å². The van der Waals surface area contributed by atoms with Gasteiger partial charge in [0.15, 0.2) is 0 Å².